The lowest BCUT2D eigenvalue weighted by molar-refractivity contribution is -0.0581. The highest BCUT2D eigenvalue weighted by molar-refractivity contribution is 7.12. The zero-order valence-electron chi connectivity index (χ0n) is 14.1. The van der Waals surface area contributed by atoms with Gasteiger partial charge < -0.3 is 9.40 Å². The maximum atomic E-state index is 12.7. The van der Waals surface area contributed by atoms with E-state index in [4.69, 9.17) is 4.84 Å². The average Bonchev–Trinajstić information content (AvgIpc) is 3.29. The van der Waals surface area contributed by atoms with E-state index in [1.54, 1.807) is 17.5 Å². The summed E-state index contributed by atoms with van der Waals surface area (Å²) in [4.78, 5) is 42.9. The third kappa shape index (κ3) is 2.36. The van der Waals surface area contributed by atoms with Gasteiger partial charge in [0, 0.05) is 11.4 Å². The molecular formula is C19H14N2O4S. The van der Waals surface area contributed by atoms with Crippen molar-refractivity contribution in [2.75, 3.05) is 0 Å². The van der Waals surface area contributed by atoms with Crippen LogP contribution in [0.25, 0.3) is 5.69 Å². The van der Waals surface area contributed by atoms with E-state index in [0.717, 1.165) is 11.4 Å². The molecule has 3 heterocycles. The third-order valence-corrected chi connectivity index (χ3v) is 5.16. The van der Waals surface area contributed by atoms with E-state index in [1.165, 1.54) is 23.5 Å². The van der Waals surface area contributed by atoms with Crippen LogP contribution in [0.4, 0.5) is 0 Å². The Morgan fingerprint density at radius 3 is 2.08 bits per heavy atom. The first-order valence-electron chi connectivity index (χ1n) is 7.92. The predicted octanol–water partition coefficient (Wildman–Crippen LogP) is 3.52. The molecule has 0 saturated carbocycles. The molecule has 1 aromatic carbocycles. The SMILES string of the molecule is Cc1ccc(C)n1-c1ccsc1C(=O)ON1C(=O)c2ccccc2C1=O. The van der Waals surface area contributed by atoms with E-state index in [2.05, 4.69) is 0 Å². The molecule has 0 fully saturated rings. The molecular weight excluding hydrogens is 352 g/mol. The molecule has 0 unspecified atom stereocenters. The van der Waals surface area contributed by atoms with Crippen LogP contribution < -0.4 is 0 Å². The fourth-order valence-electron chi connectivity index (χ4n) is 3.05. The topological polar surface area (TPSA) is 68.6 Å². The molecule has 130 valence electrons. The van der Waals surface area contributed by atoms with Crippen LogP contribution in [0.2, 0.25) is 0 Å². The molecule has 0 spiro atoms. The number of fused-ring (bicyclic) bond motifs is 1. The number of imide groups is 1. The monoisotopic (exact) mass is 366 g/mol. The Balaban J connectivity index is 1.65. The van der Waals surface area contributed by atoms with Crippen molar-refractivity contribution in [3.8, 4) is 5.69 Å². The Morgan fingerprint density at radius 2 is 1.50 bits per heavy atom. The van der Waals surface area contributed by atoms with Gasteiger partial charge in [-0.25, -0.2) is 4.79 Å². The smallest absolute Gasteiger partial charge is 0.323 e. The van der Waals surface area contributed by atoms with Crippen molar-refractivity contribution < 1.29 is 19.2 Å². The number of aryl methyl sites for hydroxylation is 2. The number of rotatable bonds is 3. The minimum Gasteiger partial charge on any atom is -0.323 e. The lowest BCUT2D eigenvalue weighted by atomic mass is 10.1. The molecule has 0 aliphatic carbocycles. The molecule has 0 bridgehead atoms. The summed E-state index contributed by atoms with van der Waals surface area (Å²) in [7, 11) is 0. The number of hydrogen-bond donors (Lipinski definition) is 0. The van der Waals surface area contributed by atoms with Crippen molar-refractivity contribution in [2.45, 2.75) is 13.8 Å². The van der Waals surface area contributed by atoms with Gasteiger partial charge in [-0.2, -0.15) is 0 Å². The van der Waals surface area contributed by atoms with Crippen molar-refractivity contribution in [3.63, 3.8) is 0 Å². The minimum atomic E-state index is -0.739. The van der Waals surface area contributed by atoms with Gasteiger partial charge in [0.1, 0.15) is 4.88 Å². The number of nitrogens with zero attached hydrogens (tertiary/aromatic N) is 2. The third-order valence-electron chi connectivity index (χ3n) is 4.27. The number of aromatic nitrogens is 1. The fourth-order valence-corrected chi connectivity index (χ4v) is 3.80. The Hall–Kier alpha value is -3.19. The van der Waals surface area contributed by atoms with E-state index in [1.807, 2.05) is 36.6 Å². The molecule has 6 nitrogen and oxygen atoms in total. The van der Waals surface area contributed by atoms with Crippen molar-refractivity contribution in [2.24, 2.45) is 0 Å². The summed E-state index contributed by atoms with van der Waals surface area (Å²) in [6.45, 7) is 3.87. The van der Waals surface area contributed by atoms with Gasteiger partial charge in [0.15, 0.2) is 0 Å². The zero-order chi connectivity index (χ0) is 18.4. The van der Waals surface area contributed by atoms with Gasteiger partial charge in [0.2, 0.25) is 0 Å². The van der Waals surface area contributed by atoms with E-state index < -0.39 is 17.8 Å². The number of hydroxylamine groups is 2. The molecule has 0 atom stereocenters. The summed E-state index contributed by atoms with van der Waals surface area (Å²) in [5, 5.41) is 2.30. The predicted molar refractivity (Wildman–Crippen MR) is 95.5 cm³/mol. The number of thiophene rings is 1. The molecule has 4 rings (SSSR count). The van der Waals surface area contributed by atoms with Crippen LogP contribution in [0.1, 0.15) is 41.8 Å². The van der Waals surface area contributed by atoms with Crippen LogP contribution in [-0.4, -0.2) is 27.4 Å². The van der Waals surface area contributed by atoms with Gasteiger partial charge in [0.25, 0.3) is 11.8 Å². The van der Waals surface area contributed by atoms with Crippen molar-refractivity contribution in [3.05, 3.63) is 75.2 Å². The van der Waals surface area contributed by atoms with Crippen LogP contribution in [0.15, 0.2) is 47.8 Å². The standard InChI is InChI=1S/C19H14N2O4S/c1-11-7-8-12(2)20(11)15-9-10-26-16(15)19(24)25-21-17(22)13-5-3-4-6-14(13)18(21)23/h3-10H,1-2H3. The second-order valence-electron chi connectivity index (χ2n) is 5.92. The summed E-state index contributed by atoms with van der Waals surface area (Å²) in [6, 6.07) is 12.1. The number of carbonyl (C=O) groups excluding carboxylic acids is 3. The summed E-state index contributed by atoms with van der Waals surface area (Å²) < 4.78 is 1.93. The highest BCUT2D eigenvalue weighted by Crippen LogP contribution is 2.28. The lowest BCUT2D eigenvalue weighted by Gasteiger charge is -2.14. The molecule has 7 heteroatoms. The number of carbonyl (C=O) groups is 3. The zero-order valence-corrected chi connectivity index (χ0v) is 14.9. The highest BCUT2D eigenvalue weighted by atomic mass is 32.1. The lowest BCUT2D eigenvalue weighted by Crippen LogP contribution is -2.32. The second kappa shape index (κ2) is 5.96. The van der Waals surface area contributed by atoms with E-state index in [-0.39, 0.29) is 11.1 Å². The quantitative estimate of drug-likeness (QED) is 0.665. The average molecular weight is 366 g/mol. The Labute approximate surface area is 153 Å². The van der Waals surface area contributed by atoms with E-state index >= 15 is 0 Å². The Bertz CT molecular complexity index is 1010. The molecule has 26 heavy (non-hydrogen) atoms. The molecule has 0 N–H and O–H groups in total. The molecule has 3 aromatic rings. The van der Waals surface area contributed by atoms with Gasteiger partial charge in [-0.05, 0) is 49.6 Å². The number of benzene rings is 1. The van der Waals surface area contributed by atoms with E-state index in [0.29, 0.717) is 15.6 Å². The maximum Gasteiger partial charge on any atom is 0.375 e. The maximum absolute atomic E-state index is 12.7. The summed E-state index contributed by atoms with van der Waals surface area (Å²) in [6.07, 6.45) is 0. The summed E-state index contributed by atoms with van der Waals surface area (Å²) >= 11 is 1.20. The minimum absolute atomic E-state index is 0.230. The molecule has 1 aliphatic rings. The first kappa shape index (κ1) is 16.3. The first-order chi connectivity index (χ1) is 12.5. The molecule has 0 saturated heterocycles. The van der Waals surface area contributed by atoms with E-state index in [9.17, 15) is 14.4 Å². The number of amides is 2. The Kier molecular flexibility index (Phi) is 3.73. The van der Waals surface area contributed by atoms with Crippen LogP contribution >= 0.6 is 11.3 Å². The molecule has 1 aliphatic heterocycles. The molecule has 0 radical (unpaired) electrons. The van der Waals surface area contributed by atoms with Gasteiger partial charge in [-0.1, -0.05) is 17.2 Å². The van der Waals surface area contributed by atoms with Gasteiger partial charge in [-0.15, -0.1) is 11.3 Å². The van der Waals surface area contributed by atoms with Crippen LogP contribution in [0.3, 0.4) is 0 Å². The van der Waals surface area contributed by atoms with Gasteiger partial charge >= 0.3 is 5.97 Å². The van der Waals surface area contributed by atoms with Crippen molar-refractivity contribution >= 4 is 29.1 Å². The van der Waals surface area contributed by atoms with Crippen molar-refractivity contribution in [1.82, 2.24) is 9.63 Å². The number of hydrogen-bond acceptors (Lipinski definition) is 5. The van der Waals surface area contributed by atoms with Gasteiger partial charge in [-0.3, -0.25) is 9.59 Å². The molecule has 2 amide bonds. The van der Waals surface area contributed by atoms with Gasteiger partial charge in [0.05, 0.1) is 16.8 Å². The molecule has 2 aromatic heterocycles. The normalized spacial score (nSPS) is 13.2. The fraction of sp³-hybridized carbons (Fsp3) is 0.105. The van der Waals surface area contributed by atoms with Crippen LogP contribution in [0, 0.1) is 13.8 Å². The summed E-state index contributed by atoms with van der Waals surface area (Å²) in [5.74, 6) is -2.01. The van der Waals surface area contributed by atoms with Crippen molar-refractivity contribution in [1.29, 1.82) is 0 Å². The first-order valence-corrected chi connectivity index (χ1v) is 8.80. The van der Waals surface area contributed by atoms with Crippen LogP contribution in [0.5, 0.6) is 0 Å². The summed E-state index contributed by atoms with van der Waals surface area (Å²) in [5.41, 5.74) is 3.06. The Morgan fingerprint density at radius 1 is 0.923 bits per heavy atom. The largest absolute Gasteiger partial charge is 0.375 e. The van der Waals surface area contributed by atoms with Crippen LogP contribution in [-0.2, 0) is 4.84 Å². The second-order valence-corrected chi connectivity index (χ2v) is 6.83. The highest BCUT2D eigenvalue weighted by Gasteiger charge is 2.39.